The minimum atomic E-state index is -0.426. The highest BCUT2D eigenvalue weighted by Gasteiger charge is 2.31. The Morgan fingerprint density at radius 3 is 2.73 bits per heavy atom. The summed E-state index contributed by atoms with van der Waals surface area (Å²) in [6.45, 7) is 6.11. The number of aromatic nitrogens is 3. The van der Waals surface area contributed by atoms with Crippen molar-refractivity contribution in [3.05, 3.63) is 69.8 Å². The predicted octanol–water partition coefficient (Wildman–Crippen LogP) is 4.37. The molecule has 0 atom stereocenters. The summed E-state index contributed by atoms with van der Waals surface area (Å²) in [5, 5.41) is 9.27. The molecule has 0 amide bonds. The van der Waals surface area contributed by atoms with Gasteiger partial charge in [0.1, 0.15) is 23.7 Å². The largest absolute Gasteiger partial charge is 0.497 e. The summed E-state index contributed by atoms with van der Waals surface area (Å²) < 4.78 is 24.9. The summed E-state index contributed by atoms with van der Waals surface area (Å²) in [5.74, 6) is 1.81. The van der Waals surface area contributed by atoms with E-state index in [1.807, 2.05) is 51.1 Å². The zero-order valence-corrected chi connectivity index (χ0v) is 19.0. The molecule has 0 aliphatic carbocycles. The Balaban J connectivity index is 1.50. The molecule has 5 rings (SSSR count). The van der Waals surface area contributed by atoms with E-state index in [4.69, 9.17) is 18.6 Å². The molecule has 1 aliphatic heterocycles. The number of hydrogen-bond donors (Lipinski definition) is 0. The van der Waals surface area contributed by atoms with Crippen molar-refractivity contribution in [3.8, 4) is 22.9 Å². The Hall–Kier alpha value is -3.81. The molecule has 0 bridgehead atoms. The van der Waals surface area contributed by atoms with Crippen LogP contribution in [0.15, 0.2) is 51.8 Å². The van der Waals surface area contributed by atoms with E-state index in [9.17, 15) is 4.79 Å². The summed E-state index contributed by atoms with van der Waals surface area (Å²) in [4.78, 5) is 12.1. The number of aryl methyl sites for hydroxylation is 2. The van der Waals surface area contributed by atoms with Gasteiger partial charge < -0.3 is 18.6 Å². The fourth-order valence-electron chi connectivity index (χ4n) is 4.02. The van der Waals surface area contributed by atoms with Gasteiger partial charge in [-0.1, -0.05) is 5.21 Å². The monoisotopic (exact) mass is 447 g/mol. The number of fused-ring (bicyclic) bond motifs is 2. The van der Waals surface area contributed by atoms with E-state index in [1.165, 1.54) is 6.07 Å². The van der Waals surface area contributed by atoms with Crippen molar-refractivity contribution < 1.29 is 18.6 Å². The third kappa shape index (κ3) is 4.04. The maximum absolute atomic E-state index is 12.1. The fraction of sp³-hybridized carbons (Fsp3) is 0.320. The number of nitrogens with zero attached hydrogens (tertiary/aromatic N) is 3. The van der Waals surface area contributed by atoms with E-state index in [0.29, 0.717) is 22.8 Å². The highest BCUT2D eigenvalue weighted by molar-refractivity contribution is 5.89. The van der Waals surface area contributed by atoms with E-state index >= 15 is 0 Å². The quantitative estimate of drug-likeness (QED) is 0.420. The van der Waals surface area contributed by atoms with E-state index in [0.717, 1.165) is 40.8 Å². The number of methoxy groups -OCH3 is 1. The van der Waals surface area contributed by atoms with Gasteiger partial charge in [-0.15, -0.1) is 5.10 Å². The second-order valence-corrected chi connectivity index (χ2v) is 8.82. The molecule has 0 spiro atoms. The standard InChI is InChI=1S/C25H25N3O5/c1-15-11-21(29)32-23-20(15)12-16-9-10-25(2,3)33-22(16)24(23)31-14-17-13-28(27-26-17)18-5-7-19(30-4)8-6-18/h5-8,11-13H,9-10,14H2,1-4H3. The van der Waals surface area contributed by atoms with E-state index in [2.05, 4.69) is 10.3 Å². The van der Waals surface area contributed by atoms with Crippen molar-refractivity contribution in [1.29, 1.82) is 0 Å². The van der Waals surface area contributed by atoms with Gasteiger partial charge in [-0.2, -0.15) is 0 Å². The maximum atomic E-state index is 12.1. The second-order valence-electron chi connectivity index (χ2n) is 8.82. The van der Waals surface area contributed by atoms with Gasteiger partial charge in [-0.05, 0) is 75.1 Å². The van der Waals surface area contributed by atoms with Gasteiger partial charge in [0.05, 0.1) is 19.0 Å². The molecule has 1 aliphatic rings. The SMILES string of the molecule is COc1ccc(-n2cc(COc3c4c(cc5c(C)cc(=O)oc35)CCC(C)(C)O4)nn2)cc1. The molecule has 3 heterocycles. The lowest BCUT2D eigenvalue weighted by molar-refractivity contribution is 0.0787. The summed E-state index contributed by atoms with van der Waals surface area (Å²) >= 11 is 0. The van der Waals surface area contributed by atoms with Crippen molar-refractivity contribution in [2.24, 2.45) is 0 Å². The number of hydrogen-bond acceptors (Lipinski definition) is 7. The van der Waals surface area contributed by atoms with Gasteiger partial charge in [-0.25, -0.2) is 9.48 Å². The molecule has 0 radical (unpaired) electrons. The molecule has 8 heteroatoms. The average Bonchev–Trinajstić information content (AvgIpc) is 3.26. The van der Waals surface area contributed by atoms with Crippen LogP contribution in [0.2, 0.25) is 0 Å². The Morgan fingerprint density at radius 1 is 1.18 bits per heavy atom. The molecule has 2 aromatic heterocycles. The molecule has 33 heavy (non-hydrogen) atoms. The fourth-order valence-corrected chi connectivity index (χ4v) is 4.02. The molecule has 170 valence electrons. The van der Waals surface area contributed by atoms with Crippen LogP contribution in [0, 0.1) is 6.92 Å². The first-order chi connectivity index (χ1) is 15.8. The minimum Gasteiger partial charge on any atom is -0.497 e. The summed E-state index contributed by atoms with van der Waals surface area (Å²) in [7, 11) is 1.63. The van der Waals surface area contributed by atoms with Gasteiger partial charge in [0, 0.05) is 11.5 Å². The first-order valence-corrected chi connectivity index (χ1v) is 10.8. The number of benzene rings is 2. The molecule has 0 fully saturated rings. The van der Waals surface area contributed by atoms with Crippen molar-refractivity contribution in [2.45, 2.75) is 45.8 Å². The van der Waals surface area contributed by atoms with Crippen LogP contribution in [0.1, 0.15) is 37.1 Å². The number of rotatable bonds is 5. The maximum Gasteiger partial charge on any atom is 0.336 e. The molecule has 0 unspecified atom stereocenters. The summed E-state index contributed by atoms with van der Waals surface area (Å²) in [6, 6.07) is 11.0. The lowest BCUT2D eigenvalue weighted by atomic mass is 9.92. The van der Waals surface area contributed by atoms with Crippen LogP contribution >= 0.6 is 0 Å². The van der Waals surface area contributed by atoms with Crippen LogP contribution in [0.4, 0.5) is 0 Å². The van der Waals surface area contributed by atoms with Crippen LogP contribution in [-0.2, 0) is 13.0 Å². The van der Waals surface area contributed by atoms with E-state index < -0.39 is 5.63 Å². The molecule has 0 N–H and O–H groups in total. The molecule has 2 aromatic carbocycles. The predicted molar refractivity (Wildman–Crippen MR) is 122 cm³/mol. The lowest BCUT2D eigenvalue weighted by Crippen LogP contribution is -2.32. The van der Waals surface area contributed by atoms with Crippen LogP contribution in [0.3, 0.4) is 0 Å². The highest BCUT2D eigenvalue weighted by Crippen LogP contribution is 2.45. The second kappa shape index (κ2) is 7.95. The molecule has 0 saturated heterocycles. The van der Waals surface area contributed by atoms with Crippen molar-refractivity contribution in [3.63, 3.8) is 0 Å². The van der Waals surface area contributed by atoms with Crippen molar-refractivity contribution in [2.75, 3.05) is 7.11 Å². The number of ether oxygens (including phenoxy) is 3. The summed E-state index contributed by atoms with van der Waals surface area (Å²) in [6.07, 6.45) is 3.53. The van der Waals surface area contributed by atoms with Crippen LogP contribution < -0.4 is 19.8 Å². The Kier molecular flexibility index (Phi) is 5.08. The van der Waals surface area contributed by atoms with Gasteiger partial charge in [0.15, 0.2) is 11.3 Å². The average molecular weight is 447 g/mol. The Morgan fingerprint density at radius 2 is 1.97 bits per heavy atom. The van der Waals surface area contributed by atoms with Crippen molar-refractivity contribution in [1.82, 2.24) is 15.0 Å². The summed E-state index contributed by atoms with van der Waals surface area (Å²) in [5.41, 5.74) is 2.97. The van der Waals surface area contributed by atoms with Gasteiger partial charge in [0.25, 0.3) is 0 Å². The third-order valence-corrected chi connectivity index (χ3v) is 5.85. The molecule has 0 saturated carbocycles. The topological polar surface area (TPSA) is 88.6 Å². The molecular weight excluding hydrogens is 422 g/mol. The normalized spacial score (nSPS) is 14.5. The zero-order chi connectivity index (χ0) is 23.2. The van der Waals surface area contributed by atoms with Crippen LogP contribution in [-0.4, -0.2) is 27.7 Å². The van der Waals surface area contributed by atoms with Crippen molar-refractivity contribution >= 4 is 11.0 Å². The smallest absolute Gasteiger partial charge is 0.336 e. The van der Waals surface area contributed by atoms with E-state index in [1.54, 1.807) is 18.0 Å². The Labute approximate surface area is 190 Å². The first kappa shape index (κ1) is 21.1. The van der Waals surface area contributed by atoms with Gasteiger partial charge in [-0.3, -0.25) is 0 Å². The zero-order valence-electron chi connectivity index (χ0n) is 19.0. The molecule has 8 nitrogen and oxygen atoms in total. The molecular formula is C25H25N3O5. The van der Waals surface area contributed by atoms with Crippen LogP contribution in [0.5, 0.6) is 17.2 Å². The Bertz CT molecular complexity index is 1390. The third-order valence-electron chi connectivity index (χ3n) is 5.85. The lowest BCUT2D eigenvalue weighted by Gasteiger charge is -2.33. The van der Waals surface area contributed by atoms with E-state index in [-0.39, 0.29) is 12.2 Å². The van der Waals surface area contributed by atoms with Gasteiger partial charge in [0.2, 0.25) is 5.75 Å². The highest BCUT2D eigenvalue weighted by atomic mass is 16.5. The minimum absolute atomic E-state index is 0.142. The van der Waals surface area contributed by atoms with Gasteiger partial charge >= 0.3 is 5.63 Å². The molecule has 4 aromatic rings. The first-order valence-electron chi connectivity index (χ1n) is 10.8. The van der Waals surface area contributed by atoms with Crippen LogP contribution in [0.25, 0.3) is 16.7 Å².